The molecule has 0 amide bonds. The number of thiazole rings is 1. The Labute approximate surface area is 217 Å². The molecule has 36 heavy (non-hydrogen) atoms. The molecule has 0 spiro atoms. The van der Waals surface area contributed by atoms with Crippen molar-refractivity contribution in [3.63, 3.8) is 0 Å². The number of hydrogen-bond donors (Lipinski definition) is 4. The number of nitrogens with zero attached hydrogens (tertiary/aromatic N) is 1. The van der Waals surface area contributed by atoms with Gasteiger partial charge in [-0.25, -0.2) is 4.98 Å². The van der Waals surface area contributed by atoms with Gasteiger partial charge in [0.2, 0.25) is 0 Å². The molecule has 1 aliphatic heterocycles. The summed E-state index contributed by atoms with van der Waals surface area (Å²) >= 11 is 1.50. The standard InChI is InChI=1S/C27H41NO7S/c1-14-8-9-21(15(2)10-19-13-36-18(5)28-19)35-23(31)12-22(30)27(6,7)26(34)17(4)24(32)16(3)11-20(29)25(14)33/h8,10,13,16-17,20-22,24-25,29-30,32-33H,9,11-12H2,1-7H3/b14-8-,15-10+/t16-,17+,20+,21-,22-,24-,25+/m0/s1. The van der Waals surface area contributed by atoms with E-state index in [2.05, 4.69) is 4.98 Å². The van der Waals surface area contributed by atoms with Crippen LogP contribution >= 0.6 is 11.3 Å². The van der Waals surface area contributed by atoms with Crippen LogP contribution in [-0.4, -0.2) is 67.7 Å². The maximum Gasteiger partial charge on any atom is 0.309 e. The van der Waals surface area contributed by atoms with Crippen molar-refractivity contribution in [2.75, 3.05) is 0 Å². The first-order valence-electron chi connectivity index (χ1n) is 12.4. The molecule has 1 aromatic rings. The van der Waals surface area contributed by atoms with Crippen LogP contribution in [0.1, 0.15) is 71.5 Å². The van der Waals surface area contributed by atoms with Crippen LogP contribution in [-0.2, 0) is 14.3 Å². The summed E-state index contributed by atoms with van der Waals surface area (Å²) in [5.41, 5.74) is 0.648. The van der Waals surface area contributed by atoms with Gasteiger partial charge in [-0.05, 0) is 50.3 Å². The number of Topliss-reactive ketones (excluding diaryl/α,β-unsaturated/α-hetero) is 1. The summed E-state index contributed by atoms with van der Waals surface area (Å²) in [6.07, 6.45) is -1.98. The summed E-state index contributed by atoms with van der Waals surface area (Å²) in [4.78, 5) is 30.5. The zero-order valence-electron chi connectivity index (χ0n) is 22.3. The Morgan fingerprint density at radius 3 is 2.39 bits per heavy atom. The number of carbonyl (C=O) groups excluding carboxylic acids is 2. The lowest BCUT2D eigenvalue weighted by Crippen LogP contribution is -2.46. The zero-order valence-corrected chi connectivity index (χ0v) is 23.1. The molecule has 0 unspecified atom stereocenters. The predicted octanol–water partition coefficient (Wildman–Crippen LogP) is 3.21. The van der Waals surface area contributed by atoms with Crippen LogP contribution in [0.4, 0.5) is 0 Å². The minimum absolute atomic E-state index is 0.0780. The fraction of sp³-hybridized carbons (Fsp3) is 0.667. The monoisotopic (exact) mass is 523 g/mol. The average molecular weight is 524 g/mol. The van der Waals surface area contributed by atoms with Gasteiger partial charge < -0.3 is 25.2 Å². The predicted molar refractivity (Wildman–Crippen MR) is 139 cm³/mol. The summed E-state index contributed by atoms with van der Waals surface area (Å²) < 4.78 is 5.73. The fourth-order valence-electron chi connectivity index (χ4n) is 4.48. The van der Waals surface area contributed by atoms with Crippen LogP contribution in [0.5, 0.6) is 0 Å². The van der Waals surface area contributed by atoms with Gasteiger partial charge in [-0.2, -0.15) is 0 Å². The number of hydrogen-bond acceptors (Lipinski definition) is 9. The van der Waals surface area contributed by atoms with Crippen molar-refractivity contribution in [1.82, 2.24) is 4.98 Å². The molecular formula is C27H41NO7S. The van der Waals surface area contributed by atoms with E-state index in [4.69, 9.17) is 4.74 Å². The third kappa shape index (κ3) is 7.55. The lowest BCUT2D eigenvalue weighted by molar-refractivity contribution is -0.154. The lowest BCUT2D eigenvalue weighted by atomic mass is 9.72. The van der Waals surface area contributed by atoms with Gasteiger partial charge in [0, 0.05) is 17.7 Å². The molecular weight excluding hydrogens is 482 g/mol. The van der Waals surface area contributed by atoms with E-state index in [9.17, 15) is 30.0 Å². The topological polar surface area (TPSA) is 137 Å². The van der Waals surface area contributed by atoms with E-state index in [1.165, 1.54) is 11.3 Å². The number of aliphatic hydroxyl groups is 4. The summed E-state index contributed by atoms with van der Waals surface area (Å²) in [6.45, 7) is 11.7. The number of aryl methyl sites for hydroxylation is 1. The van der Waals surface area contributed by atoms with E-state index in [1.54, 1.807) is 40.7 Å². The fourth-order valence-corrected chi connectivity index (χ4v) is 5.05. The quantitative estimate of drug-likeness (QED) is 0.343. The third-order valence-corrected chi connectivity index (χ3v) is 8.02. The third-order valence-electron chi connectivity index (χ3n) is 7.23. The van der Waals surface area contributed by atoms with Crippen LogP contribution < -0.4 is 0 Å². The zero-order chi connectivity index (χ0) is 27.4. The number of esters is 1. The number of carbonyl (C=O) groups is 2. The molecule has 0 aromatic carbocycles. The second-order valence-corrected chi connectivity index (χ2v) is 11.7. The molecule has 2 heterocycles. The van der Waals surface area contributed by atoms with Crippen LogP contribution in [0.2, 0.25) is 0 Å². The van der Waals surface area contributed by atoms with Crippen molar-refractivity contribution in [2.45, 2.75) is 98.2 Å². The molecule has 0 bridgehead atoms. The maximum atomic E-state index is 13.2. The lowest BCUT2D eigenvalue weighted by Gasteiger charge is -2.35. The van der Waals surface area contributed by atoms with Gasteiger partial charge >= 0.3 is 5.97 Å². The number of rotatable bonds is 2. The van der Waals surface area contributed by atoms with Crippen molar-refractivity contribution in [3.8, 4) is 0 Å². The van der Waals surface area contributed by atoms with Crippen molar-refractivity contribution in [1.29, 1.82) is 0 Å². The first-order valence-corrected chi connectivity index (χ1v) is 13.3. The Morgan fingerprint density at radius 1 is 1.17 bits per heavy atom. The molecule has 4 N–H and O–H groups in total. The van der Waals surface area contributed by atoms with Crippen molar-refractivity contribution in [3.05, 3.63) is 33.3 Å². The van der Waals surface area contributed by atoms with Crippen molar-refractivity contribution in [2.24, 2.45) is 17.3 Å². The van der Waals surface area contributed by atoms with Crippen LogP contribution in [0.15, 0.2) is 22.6 Å². The average Bonchev–Trinajstić information content (AvgIpc) is 3.22. The normalized spacial score (nSPS) is 35.1. The largest absolute Gasteiger partial charge is 0.457 e. The first-order chi connectivity index (χ1) is 16.6. The molecule has 0 radical (unpaired) electrons. The van der Waals surface area contributed by atoms with Gasteiger partial charge in [-0.3, -0.25) is 9.59 Å². The van der Waals surface area contributed by atoms with E-state index in [-0.39, 0.29) is 19.3 Å². The molecule has 202 valence electrons. The number of aliphatic hydroxyl groups excluding tert-OH is 4. The van der Waals surface area contributed by atoms with E-state index >= 15 is 0 Å². The van der Waals surface area contributed by atoms with Crippen molar-refractivity contribution >= 4 is 29.2 Å². The van der Waals surface area contributed by atoms with Gasteiger partial charge in [0.05, 0.1) is 40.8 Å². The molecule has 2 rings (SSSR count). The van der Waals surface area contributed by atoms with Gasteiger partial charge in [0.25, 0.3) is 0 Å². The van der Waals surface area contributed by atoms with E-state index in [0.29, 0.717) is 5.57 Å². The molecule has 7 atom stereocenters. The number of cyclic esters (lactones) is 1. The second kappa shape index (κ2) is 12.6. The summed E-state index contributed by atoms with van der Waals surface area (Å²) in [5.74, 6) is -2.41. The highest BCUT2D eigenvalue weighted by atomic mass is 32.1. The van der Waals surface area contributed by atoms with Gasteiger partial charge in [0.1, 0.15) is 18.0 Å². The Morgan fingerprint density at radius 2 is 1.81 bits per heavy atom. The SMILES string of the molecule is C/C1=C/C[C@@H](/C(C)=C/c2csc(C)n2)OC(=O)C[C@H](O)C(C)(C)C(=O)[C@H](C)[C@@H](O)[C@@H](C)C[C@@H](O)[C@@H]1O. The highest BCUT2D eigenvalue weighted by Gasteiger charge is 2.42. The van der Waals surface area contributed by atoms with Crippen molar-refractivity contribution < 1.29 is 34.8 Å². The maximum absolute atomic E-state index is 13.2. The molecule has 0 aliphatic carbocycles. The number of ketones is 1. The summed E-state index contributed by atoms with van der Waals surface area (Å²) in [6, 6.07) is 0. The Hall–Kier alpha value is -1.91. The second-order valence-electron chi connectivity index (χ2n) is 10.7. The van der Waals surface area contributed by atoms with Crippen LogP contribution in [0.3, 0.4) is 0 Å². The van der Waals surface area contributed by atoms with Gasteiger partial charge in [0.15, 0.2) is 0 Å². The highest BCUT2D eigenvalue weighted by Crippen LogP contribution is 2.32. The van der Waals surface area contributed by atoms with Gasteiger partial charge in [-0.15, -0.1) is 11.3 Å². The molecule has 1 aliphatic rings. The Bertz CT molecular complexity index is 983. The molecule has 0 saturated carbocycles. The number of aromatic nitrogens is 1. The van der Waals surface area contributed by atoms with Crippen LogP contribution in [0.25, 0.3) is 6.08 Å². The Balaban J connectivity index is 2.43. The minimum atomic E-state index is -1.32. The smallest absolute Gasteiger partial charge is 0.309 e. The summed E-state index contributed by atoms with van der Waals surface area (Å²) in [7, 11) is 0. The molecule has 8 nitrogen and oxygen atoms in total. The Kier molecular flexibility index (Phi) is 10.6. The van der Waals surface area contributed by atoms with E-state index in [0.717, 1.165) is 16.3 Å². The molecule has 9 heteroatoms. The minimum Gasteiger partial charge on any atom is -0.457 e. The van der Waals surface area contributed by atoms with Crippen LogP contribution in [0, 0.1) is 24.2 Å². The highest BCUT2D eigenvalue weighted by molar-refractivity contribution is 7.09. The van der Waals surface area contributed by atoms with Gasteiger partial charge in [-0.1, -0.05) is 33.8 Å². The molecule has 1 aromatic heterocycles. The molecule has 0 saturated heterocycles. The van der Waals surface area contributed by atoms with E-state index < -0.39 is 59.5 Å². The number of ether oxygens (including phenoxy) is 1. The molecule has 0 fully saturated rings. The first kappa shape index (κ1) is 30.3. The summed E-state index contributed by atoms with van der Waals surface area (Å²) in [5, 5.41) is 45.7. The van der Waals surface area contributed by atoms with E-state index in [1.807, 2.05) is 25.3 Å².